The van der Waals surface area contributed by atoms with Crippen LogP contribution in [0, 0.1) is 12.8 Å². The summed E-state index contributed by atoms with van der Waals surface area (Å²) in [4.78, 5) is 14.3. The highest BCUT2D eigenvalue weighted by Crippen LogP contribution is 2.26. The number of piperidine rings is 1. The summed E-state index contributed by atoms with van der Waals surface area (Å²) in [6.45, 7) is 13.2. The standard InChI is InChI=1S/C17H28N2O2/c1-12-6-8-18(9-7-12)11-14-16(21)15(20)10-13(2)19(14)17(3,4)5/h10,12,21H,6-9,11H2,1-5H3. The summed E-state index contributed by atoms with van der Waals surface area (Å²) in [6.07, 6.45) is 2.37. The summed E-state index contributed by atoms with van der Waals surface area (Å²) in [5, 5.41) is 10.3. The Labute approximate surface area is 127 Å². The first-order valence-corrected chi connectivity index (χ1v) is 7.87. The lowest BCUT2D eigenvalue weighted by Gasteiger charge is -2.34. The number of aryl methyl sites for hydroxylation is 1. The molecule has 118 valence electrons. The minimum Gasteiger partial charge on any atom is -0.503 e. The summed E-state index contributed by atoms with van der Waals surface area (Å²) >= 11 is 0. The van der Waals surface area contributed by atoms with Crippen molar-refractivity contribution in [1.29, 1.82) is 0 Å². The molecule has 1 aliphatic heterocycles. The van der Waals surface area contributed by atoms with E-state index >= 15 is 0 Å². The highest BCUT2D eigenvalue weighted by Gasteiger charge is 2.25. The van der Waals surface area contributed by atoms with Crippen molar-refractivity contribution in [2.24, 2.45) is 5.92 Å². The molecule has 0 aliphatic carbocycles. The second-order valence-electron chi connectivity index (χ2n) is 7.41. The highest BCUT2D eigenvalue weighted by molar-refractivity contribution is 5.31. The van der Waals surface area contributed by atoms with Gasteiger partial charge in [-0.15, -0.1) is 0 Å². The van der Waals surface area contributed by atoms with E-state index in [2.05, 4.69) is 37.2 Å². The third-order valence-corrected chi connectivity index (χ3v) is 4.39. The van der Waals surface area contributed by atoms with E-state index < -0.39 is 0 Å². The van der Waals surface area contributed by atoms with Crippen molar-refractivity contribution >= 4 is 0 Å². The number of hydrogen-bond donors (Lipinski definition) is 1. The van der Waals surface area contributed by atoms with Gasteiger partial charge in [0.1, 0.15) is 0 Å². The molecule has 0 bridgehead atoms. The molecule has 0 unspecified atom stereocenters. The smallest absolute Gasteiger partial charge is 0.223 e. The Bertz CT molecular complexity index is 561. The fourth-order valence-corrected chi connectivity index (χ4v) is 3.30. The molecular weight excluding hydrogens is 264 g/mol. The van der Waals surface area contributed by atoms with Crippen molar-refractivity contribution in [3.05, 3.63) is 27.7 Å². The summed E-state index contributed by atoms with van der Waals surface area (Å²) in [5.74, 6) is 0.686. The number of hydrogen-bond acceptors (Lipinski definition) is 3. The van der Waals surface area contributed by atoms with Crippen molar-refractivity contribution in [2.45, 2.75) is 59.5 Å². The average molecular weight is 292 g/mol. The molecule has 0 spiro atoms. The number of pyridine rings is 1. The maximum atomic E-state index is 12.0. The summed E-state index contributed by atoms with van der Waals surface area (Å²) < 4.78 is 2.10. The lowest BCUT2D eigenvalue weighted by Crippen LogP contribution is -2.36. The van der Waals surface area contributed by atoms with Gasteiger partial charge in [-0.05, 0) is 59.5 Å². The van der Waals surface area contributed by atoms with E-state index in [1.165, 1.54) is 18.9 Å². The molecule has 0 saturated carbocycles. The van der Waals surface area contributed by atoms with Crippen LogP contribution in [0.1, 0.15) is 51.9 Å². The molecule has 1 aromatic rings. The van der Waals surface area contributed by atoms with Crippen LogP contribution in [0.2, 0.25) is 0 Å². The third kappa shape index (κ3) is 3.49. The molecule has 1 aromatic heterocycles. The molecule has 1 fully saturated rings. The Morgan fingerprint density at radius 1 is 1.29 bits per heavy atom. The van der Waals surface area contributed by atoms with Crippen LogP contribution < -0.4 is 5.43 Å². The molecule has 1 N–H and O–H groups in total. The van der Waals surface area contributed by atoms with E-state index in [9.17, 15) is 9.90 Å². The highest BCUT2D eigenvalue weighted by atomic mass is 16.3. The van der Waals surface area contributed by atoms with Crippen LogP contribution >= 0.6 is 0 Å². The molecule has 1 aliphatic rings. The molecule has 1 saturated heterocycles. The van der Waals surface area contributed by atoms with Gasteiger partial charge in [0.25, 0.3) is 0 Å². The van der Waals surface area contributed by atoms with Crippen LogP contribution in [-0.4, -0.2) is 27.7 Å². The van der Waals surface area contributed by atoms with Crippen LogP contribution in [0.25, 0.3) is 0 Å². The van der Waals surface area contributed by atoms with Gasteiger partial charge in [0, 0.05) is 23.8 Å². The Hall–Kier alpha value is -1.29. The zero-order chi connectivity index (χ0) is 15.8. The first-order chi connectivity index (χ1) is 9.70. The van der Waals surface area contributed by atoms with Crippen LogP contribution in [0.15, 0.2) is 10.9 Å². The quantitative estimate of drug-likeness (QED) is 0.911. The second-order valence-corrected chi connectivity index (χ2v) is 7.41. The first kappa shape index (κ1) is 16.1. The van der Waals surface area contributed by atoms with Gasteiger partial charge in [0.05, 0.1) is 5.69 Å². The summed E-state index contributed by atoms with van der Waals surface area (Å²) in [5.41, 5.74) is 1.23. The predicted molar refractivity (Wildman–Crippen MR) is 85.8 cm³/mol. The van der Waals surface area contributed by atoms with Crippen molar-refractivity contribution in [3.63, 3.8) is 0 Å². The summed E-state index contributed by atoms with van der Waals surface area (Å²) in [6, 6.07) is 1.53. The Kier molecular flexibility index (Phi) is 4.47. The lowest BCUT2D eigenvalue weighted by atomic mass is 9.99. The number of likely N-dealkylation sites (tertiary alicyclic amines) is 1. The van der Waals surface area contributed by atoms with Crippen LogP contribution in [0.4, 0.5) is 0 Å². The Morgan fingerprint density at radius 2 is 1.86 bits per heavy atom. The fourth-order valence-electron chi connectivity index (χ4n) is 3.30. The Balaban J connectivity index is 2.39. The molecule has 4 nitrogen and oxygen atoms in total. The van der Waals surface area contributed by atoms with E-state index in [1.807, 2.05) is 6.92 Å². The number of rotatable bonds is 2. The minimum absolute atomic E-state index is 0.0888. The maximum absolute atomic E-state index is 12.0. The summed E-state index contributed by atoms with van der Waals surface area (Å²) in [7, 11) is 0. The molecule has 21 heavy (non-hydrogen) atoms. The number of nitrogens with zero attached hydrogens (tertiary/aromatic N) is 2. The monoisotopic (exact) mass is 292 g/mol. The van der Waals surface area contributed by atoms with Gasteiger partial charge in [-0.25, -0.2) is 0 Å². The van der Waals surface area contributed by atoms with Crippen molar-refractivity contribution in [1.82, 2.24) is 9.47 Å². The van der Waals surface area contributed by atoms with E-state index in [1.54, 1.807) is 0 Å². The number of aromatic nitrogens is 1. The van der Waals surface area contributed by atoms with Gasteiger partial charge < -0.3 is 9.67 Å². The van der Waals surface area contributed by atoms with Gasteiger partial charge >= 0.3 is 0 Å². The van der Waals surface area contributed by atoms with Crippen molar-refractivity contribution in [3.8, 4) is 5.75 Å². The zero-order valence-electron chi connectivity index (χ0n) is 13.9. The zero-order valence-corrected chi connectivity index (χ0v) is 13.9. The fraction of sp³-hybridized carbons (Fsp3) is 0.706. The SMILES string of the molecule is Cc1cc(=O)c(O)c(CN2CCC(C)CC2)n1C(C)(C)C. The molecule has 0 amide bonds. The molecular formula is C17H28N2O2. The third-order valence-electron chi connectivity index (χ3n) is 4.39. The van der Waals surface area contributed by atoms with Crippen LogP contribution in [0.5, 0.6) is 5.75 Å². The van der Waals surface area contributed by atoms with Gasteiger partial charge in [0.15, 0.2) is 5.75 Å². The number of aromatic hydroxyl groups is 1. The predicted octanol–water partition coefficient (Wildman–Crippen LogP) is 2.85. The molecule has 4 heteroatoms. The molecule has 2 rings (SSSR count). The lowest BCUT2D eigenvalue weighted by molar-refractivity contribution is 0.174. The minimum atomic E-state index is -0.270. The molecule has 0 aromatic carbocycles. The van der Waals surface area contributed by atoms with E-state index in [4.69, 9.17) is 0 Å². The van der Waals surface area contributed by atoms with Gasteiger partial charge in [-0.3, -0.25) is 9.69 Å². The topological polar surface area (TPSA) is 45.5 Å². The van der Waals surface area contributed by atoms with Crippen LogP contribution in [0.3, 0.4) is 0 Å². The van der Waals surface area contributed by atoms with Crippen molar-refractivity contribution < 1.29 is 5.11 Å². The van der Waals surface area contributed by atoms with E-state index in [-0.39, 0.29) is 16.7 Å². The normalized spacial score (nSPS) is 18.1. The maximum Gasteiger partial charge on any atom is 0.223 e. The van der Waals surface area contributed by atoms with Crippen molar-refractivity contribution in [2.75, 3.05) is 13.1 Å². The van der Waals surface area contributed by atoms with Crippen LogP contribution in [-0.2, 0) is 12.1 Å². The van der Waals surface area contributed by atoms with Gasteiger partial charge in [-0.1, -0.05) is 6.92 Å². The molecule has 2 heterocycles. The van der Waals surface area contributed by atoms with E-state index in [0.29, 0.717) is 6.54 Å². The second kappa shape index (κ2) is 5.84. The molecule has 0 atom stereocenters. The molecule has 0 radical (unpaired) electrons. The van der Waals surface area contributed by atoms with Gasteiger partial charge in [-0.2, -0.15) is 0 Å². The largest absolute Gasteiger partial charge is 0.503 e. The average Bonchev–Trinajstić information content (AvgIpc) is 2.36. The van der Waals surface area contributed by atoms with Gasteiger partial charge in [0.2, 0.25) is 5.43 Å². The Morgan fingerprint density at radius 3 is 2.38 bits per heavy atom. The van der Waals surface area contributed by atoms with E-state index in [0.717, 1.165) is 30.4 Å². The first-order valence-electron chi connectivity index (χ1n) is 7.87.